The van der Waals surface area contributed by atoms with Crippen molar-refractivity contribution in [2.24, 2.45) is 0 Å². The molecule has 4 heteroatoms. The maximum atomic E-state index is 11.0. The molecule has 0 amide bonds. The Morgan fingerprint density at radius 2 is 1.63 bits per heavy atom. The third-order valence-electron chi connectivity index (χ3n) is 2.29. The van der Waals surface area contributed by atoms with E-state index in [1.807, 2.05) is 30.3 Å². The zero-order valence-electron chi connectivity index (χ0n) is 11.6. The third kappa shape index (κ3) is 11.0. The summed E-state index contributed by atoms with van der Waals surface area (Å²) in [7, 11) is 0. The fourth-order valence-corrected chi connectivity index (χ4v) is 1.02. The number of carbonyl (C=O) groups is 2. The monoisotopic (exact) mass is 266 g/mol. The summed E-state index contributed by atoms with van der Waals surface area (Å²) < 4.78 is 4.88. The van der Waals surface area contributed by atoms with E-state index in [-0.39, 0.29) is 19.4 Å². The number of ether oxygens (including phenoxy) is 1. The lowest BCUT2D eigenvalue weighted by Gasteiger charge is -2.03. The van der Waals surface area contributed by atoms with Gasteiger partial charge in [0.05, 0.1) is 12.8 Å². The van der Waals surface area contributed by atoms with Crippen LogP contribution in [0.4, 0.5) is 0 Å². The quantitative estimate of drug-likeness (QED) is 0.801. The minimum absolute atomic E-state index is 0.0812. The second kappa shape index (κ2) is 11.3. The Morgan fingerprint density at radius 1 is 1.05 bits per heavy atom. The molecule has 0 atom stereocenters. The molecule has 0 saturated heterocycles. The minimum Gasteiger partial charge on any atom is -0.481 e. The molecule has 1 N–H and O–H groups in total. The first-order valence-corrected chi connectivity index (χ1v) is 6.51. The number of hydrogen-bond donors (Lipinski definition) is 1. The number of carbonyl (C=O) groups excluding carboxylic acids is 1. The Morgan fingerprint density at radius 3 is 2.11 bits per heavy atom. The Balaban J connectivity index is 0.000000711. The highest BCUT2D eigenvalue weighted by atomic mass is 16.5. The summed E-state index contributed by atoms with van der Waals surface area (Å²) >= 11 is 0. The van der Waals surface area contributed by atoms with Crippen LogP contribution in [0.15, 0.2) is 30.3 Å². The first kappa shape index (κ1) is 17.2. The molecule has 0 bridgehead atoms. The Hall–Kier alpha value is -1.84. The number of carboxylic acid groups (broad SMARTS) is 1. The smallest absolute Gasteiger partial charge is 0.306 e. The second-order valence-corrected chi connectivity index (χ2v) is 4.04. The lowest BCUT2D eigenvalue weighted by atomic mass is 10.2. The molecule has 106 valence electrons. The molecule has 0 aromatic heterocycles. The van der Waals surface area contributed by atoms with Gasteiger partial charge in [-0.25, -0.2) is 0 Å². The normalized spacial score (nSPS) is 9.16. The third-order valence-corrected chi connectivity index (χ3v) is 2.29. The first-order valence-electron chi connectivity index (χ1n) is 6.51. The standard InChI is InChI=1S/C11H12O4.C4H10/c12-10(13)6-7-11(14)15-8-9-4-2-1-3-5-9;1-3-4-2/h1-5H,6-8H2,(H,12,13);3-4H2,1-2H3. The molecule has 0 radical (unpaired) electrons. The molecule has 0 aliphatic heterocycles. The van der Waals surface area contributed by atoms with Crippen LogP contribution in [0.2, 0.25) is 0 Å². The van der Waals surface area contributed by atoms with Crippen LogP contribution in [0.3, 0.4) is 0 Å². The maximum absolute atomic E-state index is 11.0. The fourth-order valence-electron chi connectivity index (χ4n) is 1.02. The summed E-state index contributed by atoms with van der Waals surface area (Å²) in [5.41, 5.74) is 0.890. The van der Waals surface area contributed by atoms with Gasteiger partial charge in [-0.05, 0) is 5.56 Å². The van der Waals surface area contributed by atoms with Crippen molar-refractivity contribution in [2.45, 2.75) is 46.1 Å². The summed E-state index contributed by atoms with van der Waals surface area (Å²) in [6, 6.07) is 9.24. The van der Waals surface area contributed by atoms with Gasteiger partial charge in [0.1, 0.15) is 6.61 Å². The van der Waals surface area contributed by atoms with Crippen molar-refractivity contribution < 1.29 is 19.4 Å². The van der Waals surface area contributed by atoms with Crippen LogP contribution < -0.4 is 0 Å². The molecule has 0 aliphatic rings. The van der Waals surface area contributed by atoms with Gasteiger partial charge in [0.2, 0.25) is 0 Å². The molecule has 4 nitrogen and oxygen atoms in total. The molecule has 1 aromatic carbocycles. The van der Waals surface area contributed by atoms with Gasteiger partial charge in [-0.1, -0.05) is 57.0 Å². The van der Waals surface area contributed by atoms with Crippen LogP contribution in [0.1, 0.15) is 45.1 Å². The van der Waals surface area contributed by atoms with Crippen LogP contribution in [-0.4, -0.2) is 17.0 Å². The number of hydrogen-bond acceptors (Lipinski definition) is 3. The summed E-state index contributed by atoms with van der Waals surface area (Å²) in [5.74, 6) is -1.48. The Kier molecular flexibility index (Phi) is 10.2. The van der Waals surface area contributed by atoms with Gasteiger partial charge in [-0.15, -0.1) is 0 Å². The Bertz CT molecular complexity index is 358. The topological polar surface area (TPSA) is 63.6 Å². The number of benzene rings is 1. The number of carboxylic acids is 1. The zero-order valence-corrected chi connectivity index (χ0v) is 11.6. The van der Waals surface area contributed by atoms with Crippen LogP contribution in [0.25, 0.3) is 0 Å². The van der Waals surface area contributed by atoms with Crippen LogP contribution in [0, 0.1) is 0 Å². The predicted octanol–water partition coefficient (Wildman–Crippen LogP) is 3.40. The lowest BCUT2D eigenvalue weighted by Crippen LogP contribution is -2.07. The molecule has 0 unspecified atom stereocenters. The maximum Gasteiger partial charge on any atom is 0.306 e. The van der Waals surface area contributed by atoms with Crippen LogP contribution in [-0.2, 0) is 20.9 Å². The van der Waals surface area contributed by atoms with Gasteiger partial charge in [0.25, 0.3) is 0 Å². The molecular formula is C15H22O4. The summed E-state index contributed by atoms with van der Waals surface area (Å²) in [6.45, 7) is 4.55. The molecule has 1 aromatic rings. The molecule has 0 spiro atoms. The van der Waals surface area contributed by atoms with E-state index in [1.54, 1.807) is 0 Å². The summed E-state index contributed by atoms with van der Waals surface area (Å²) in [5, 5.41) is 8.34. The molecule has 1 rings (SSSR count). The van der Waals surface area contributed by atoms with Gasteiger partial charge in [-0.2, -0.15) is 0 Å². The summed E-state index contributed by atoms with van der Waals surface area (Å²) in [4.78, 5) is 21.2. The van der Waals surface area contributed by atoms with Crippen LogP contribution in [0.5, 0.6) is 0 Å². The molecule has 19 heavy (non-hydrogen) atoms. The molecule has 0 heterocycles. The largest absolute Gasteiger partial charge is 0.481 e. The van der Waals surface area contributed by atoms with Gasteiger partial charge in [0, 0.05) is 0 Å². The lowest BCUT2D eigenvalue weighted by molar-refractivity contribution is -0.148. The minimum atomic E-state index is -0.994. The van der Waals surface area contributed by atoms with E-state index in [1.165, 1.54) is 12.8 Å². The van der Waals surface area contributed by atoms with E-state index in [2.05, 4.69) is 13.8 Å². The number of aliphatic carboxylic acids is 1. The van der Waals surface area contributed by atoms with Crippen molar-refractivity contribution in [3.63, 3.8) is 0 Å². The van der Waals surface area contributed by atoms with E-state index in [9.17, 15) is 9.59 Å². The highest BCUT2D eigenvalue weighted by Gasteiger charge is 2.06. The molecular weight excluding hydrogens is 244 g/mol. The van der Waals surface area contributed by atoms with Crippen molar-refractivity contribution in [1.82, 2.24) is 0 Å². The van der Waals surface area contributed by atoms with E-state index in [0.717, 1.165) is 5.56 Å². The van der Waals surface area contributed by atoms with E-state index in [4.69, 9.17) is 9.84 Å². The van der Waals surface area contributed by atoms with E-state index in [0.29, 0.717) is 0 Å². The predicted molar refractivity (Wildman–Crippen MR) is 73.7 cm³/mol. The SMILES string of the molecule is CCCC.O=C(O)CCC(=O)OCc1ccccc1. The highest BCUT2D eigenvalue weighted by Crippen LogP contribution is 2.02. The van der Waals surface area contributed by atoms with Gasteiger partial charge in [0.15, 0.2) is 0 Å². The van der Waals surface area contributed by atoms with Gasteiger partial charge in [-0.3, -0.25) is 9.59 Å². The molecule has 0 fully saturated rings. The van der Waals surface area contributed by atoms with E-state index < -0.39 is 11.9 Å². The number of unbranched alkanes of at least 4 members (excludes halogenated alkanes) is 1. The highest BCUT2D eigenvalue weighted by molar-refractivity contribution is 5.76. The van der Waals surface area contributed by atoms with Crippen molar-refractivity contribution in [1.29, 1.82) is 0 Å². The van der Waals surface area contributed by atoms with Crippen molar-refractivity contribution in [3.8, 4) is 0 Å². The summed E-state index contributed by atoms with van der Waals surface area (Å²) in [6.07, 6.45) is 2.37. The zero-order chi connectivity index (χ0) is 14.5. The number of rotatable bonds is 6. The van der Waals surface area contributed by atoms with Gasteiger partial charge < -0.3 is 9.84 Å². The van der Waals surface area contributed by atoms with Crippen molar-refractivity contribution >= 4 is 11.9 Å². The number of esters is 1. The first-order chi connectivity index (χ1) is 9.10. The average Bonchev–Trinajstić information content (AvgIpc) is 2.44. The molecule has 0 saturated carbocycles. The second-order valence-electron chi connectivity index (χ2n) is 4.04. The molecule has 0 aliphatic carbocycles. The average molecular weight is 266 g/mol. The van der Waals surface area contributed by atoms with E-state index >= 15 is 0 Å². The van der Waals surface area contributed by atoms with Gasteiger partial charge >= 0.3 is 11.9 Å². The fraction of sp³-hybridized carbons (Fsp3) is 0.467. The van der Waals surface area contributed by atoms with Crippen molar-refractivity contribution in [2.75, 3.05) is 0 Å². The van der Waals surface area contributed by atoms with Crippen molar-refractivity contribution in [3.05, 3.63) is 35.9 Å². The Labute approximate surface area is 114 Å². The van der Waals surface area contributed by atoms with Crippen LogP contribution >= 0.6 is 0 Å².